The largest absolute Gasteiger partial charge is 0.309 e. The van der Waals surface area contributed by atoms with Gasteiger partial charge < -0.3 is 4.90 Å². The first-order chi connectivity index (χ1) is 6.70. The van der Waals surface area contributed by atoms with Crippen molar-refractivity contribution in [3.8, 4) is 0 Å². The van der Waals surface area contributed by atoms with E-state index in [4.69, 9.17) is 0 Å². The van der Waals surface area contributed by atoms with E-state index < -0.39 is 0 Å². The average molecular weight is 213 g/mol. The maximum Gasteiger partial charge on any atom is 0.174 e. The molecule has 0 spiro atoms. The summed E-state index contributed by atoms with van der Waals surface area (Å²) in [4.78, 5) is 14.3. The van der Waals surface area contributed by atoms with E-state index in [0.29, 0.717) is 6.42 Å². The van der Waals surface area contributed by atoms with E-state index in [-0.39, 0.29) is 5.78 Å². The monoisotopic (exact) mass is 213 g/mol. The lowest BCUT2D eigenvalue weighted by atomic mass is 10.2. The van der Waals surface area contributed by atoms with Crippen LogP contribution in [0, 0.1) is 0 Å². The van der Waals surface area contributed by atoms with Crippen molar-refractivity contribution < 1.29 is 4.79 Å². The van der Waals surface area contributed by atoms with Gasteiger partial charge in [-0.25, -0.2) is 0 Å². The number of hydrogen-bond donors (Lipinski definition) is 0. The molecule has 0 saturated heterocycles. The van der Waals surface area contributed by atoms with Crippen molar-refractivity contribution in [3.63, 3.8) is 0 Å². The molecule has 0 aromatic carbocycles. The lowest BCUT2D eigenvalue weighted by Crippen LogP contribution is -2.16. The van der Waals surface area contributed by atoms with Crippen molar-refractivity contribution in [1.82, 2.24) is 4.90 Å². The van der Waals surface area contributed by atoms with Crippen LogP contribution in [-0.4, -0.2) is 31.3 Å². The second kappa shape index (κ2) is 7.71. The molecule has 1 rings (SSSR count). The summed E-state index contributed by atoms with van der Waals surface area (Å²) in [6.07, 6.45) is 0.619. The zero-order valence-electron chi connectivity index (χ0n) is 9.41. The van der Waals surface area contributed by atoms with E-state index in [0.717, 1.165) is 11.4 Å². The molecule has 0 atom stereocenters. The lowest BCUT2D eigenvalue weighted by Gasteiger charge is -2.06. The van der Waals surface area contributed by atoms with E-state index in [1.807, 2.05) is 50.4 Å². The van der Waals surface area contributed by atoms with Crippen LogP contribution in [0.5, 0.6) is 0 Å². The maximum absolute atomic E-state index is 11.4. The minimum atomic E-state index is 0.249. The van der Waals surface area contributed by atoms with Gasteiger partial charge in [-0.3, -0.25) is 4.79 Å². The molecule has 0 N–H and O–H groups in total. The standard InChI is InChI=1S/C9H13NOS.C2H6/c1-10(2)6-5-8(11)9-4-3-7-12-9;1-2/h3-4,7H,5-6H2,1-2H3;1-2H3. The van der Waals surface area contributed by atoms with Gasteiger partial charge in [-0.15, -0.1) is 11.3 Å². The predicted octanol–water partition coefficient (Wildman–Crippen LogP) is 2.91. The summed E-state index contributed by atoms with van der Waals surface area (Å²) >= 11 is 1.51. The number of hydrogen-bond acceptors (Lipinski definition) is 3. The Balaban J connectivity index is 0.000000791. The number of ketones is 1. The molecule has 0 amide bonds. The van der Waals surface area contributed by atoms with Gasteiger partial charge in [-0.1, -0.05) is 19.9 Å². The number of rotatable bonds is 4. The van der Waals surface area contributed by atoms with Gasteiger partial charge in [-0.2, -0.15) is 0 Å². The minimum absolute atomic E-state index is 0.249. The summed E-state index contributed by atoms with van der Waals surface area (Å²) in [6.45, 7) is 4.83. The number of nitrogens with zero attached hydrogens (tertiary/aromatic N) is 1. The molecule has 0 aliphatic carbocycles. The van der Waals surface area contributed by atoms with Gasteiger partial charge in [0, 0.05) is 13.0 Å². The molecule has 3 heteroatoms. The van der Waals surface area contributed by atoms with Crippen LogP contribution in [-0.2, 0) is 0 Å². The van der Waals surface area contributed by atoms with E-state index in [9.17, 15) is 4.79 Å². The van der Waals surface area contributed by atoms with Crippen molar-refractivity contribution >= 4 is 17.1 Å². The second-order valence-electron chi connectivity index (χ2n) is 2.95. The normalized spacial score (nSPS) is 9.50. The number of Topliss-reactive ketones (excluding diaryl/α,β-unsaturated/α-hetero) is 1. The maximum atomic E-state index is 11.4. The third-order valence-electron chi connectivity index (χ3n) is 1.58. The zero-order chi connectivity index (χ0) is 11.0. The van der Waals surface area contributed by atoms with Crippen molar-refractivity contribution in [2.24, 2.45) is 0 Å². The van der Waals surface area contributed by atoms with E-state index >= 15 is 0 Å². The van der Waals surface area contributed by atoms with Gasteiger partial charge in [0.05, 0.1) is 4.88 Å². The Labute approximate surface area is 90.6 Å². The van der Waals surface area contributed by atoms with Gasteiger partial charge >= 0.3 is 0 Å². The summed E-state index contributed by atoms with van der Waals surface area (Å²) < 4.78 is 0. The molecule has 0 aliphatic rings. The molecule has 0 radical (unpaired) electrons. The first-order valence-corrected chi connectivity index (χ1v) is 5.79. The third-order valence-corrected chi connectivity index (χ3v) is 2.49. The summed E-state index contributed by atoms with van der Waals surface area (Å²) in [5.41, 5.74) is 0. The highest BCUT2D eigenvalue weighted by Crippen LogP contribution is 2.10. The van der Waals surface area contributed by atoms with Crippen LogP contribution in [0.1, 0.15) is 29.9 Å². The molecule has 2 nitrogen and oxygen atoms in total. The molecule has 1 aromatic heterocycles. The second-order valence-corrected chi connectivity index (χ2v) is 3.90. The fraction of sp³-hybridized carbons (Fsp3) is 0.545. The smallest absolute Gasteiger partial charge is 0.174 e. The SMILES string of the molecule is CC.CN(C)CCC(=O)c1cccs1. The first kappa shape index (κ1) is 13.3. The van der Waals surface area contributed by atoms with Crippen LogP contribution in [0.3, 0.4) is 0 Å². The van der Waals surface area contributed by atoms with E-state index in [1.165, 1.54) is 11.3 Å². The minimum Gasteiger partial charge on any atom is -0.309 e. The number of thiophene rings is 1. The lowest BCUT2D eigenvalue weighted by molar-refractivity contribution is 0.0976. The molecule has 80 valence electrons. The Morgan fingerprint density at radius 1 is 1.43 bits per heavy atom. The molecule has 0 bridgehead atoms. The van der Waals surface area contributed by atoms with Gasteiger partial charge in [0.15, 0.2) is 5.78 Å². The predicted molar refractivity (Wildman–Crippen MR) is 63.2 cm³/mol. The van der Waals surface area contributed by atoms with Crippen LogP contribution in [0.15, 0.2) is 17.5 Å². The Morgan fingerprint density at radius 3 is 2.50 bits per heavy atom. The molecule has 14 heavy (non-hydrogen) atoms. The first-order valence-electron chi connectivity index (χ1n) is 4.91. The molecule has 1 heterocycles. The van der Waals surface area contributed by atoms with Crippen LogP contribution in [0.2, 0.25) is 0 Å². The Bertz CT molecular complexity index is 242. The van der Waals surface area contributed by atoms with Crippen molar-refractivity contribution in [2.45, 2.75) is 20.3 Å². The summed E-state index contributed by atoms with van der Waals surface area (Å²) in [7, 11) is 3.95. The highest BCUT2D eigenvalue weighted by Gasteiger charge is 2.05. The quantitative estimate of drug-likeness (QED) is 0.717. The molecule has 1 aromatic rings. The van der Waals surface area contributed by atoms with Crippen LogP contribution < -0.4 is 0 Å². The van der Waals surface area contributed by atoms with Crippen LogP contribution >= 0.6 is 11.3 Å². The van der Waals surface area contributed by atoms with Gasteiger partial charge in [0.1, 0.15) is 0 Å². The Kier molecular flexibility index (Phi) is 7.34. The fourth-order valence-corrected chi connectivity index (χ4v) is 1.58. The highest BCUT2D eigenvalue weighted by molar-refractivity contribution is 7.12. The number of carbonyl (C=O) groups is 1. The molecular formula is C11H19NOS. The molecule has 0 aliphatic heterocycles. The van der Waals surface area contributed by atoms with Crippen molar-refractivity contribution in [2.75, 3.05) is 20.6 Å². The van der Waals surface area contributed by atoms with Crippen molar-refractivity contribution in [1.29, 1.82) is 0 Å². The number of carbonyl (C=O) groups excluding carboxylic acids is 1. The van der Waals surface area contributed by atoms with Crippen molar-refractivity contribution in [3.05, 3.63) is 22.4 Å². The summed E-state index contributed by atoms with van der Waals surface area (Å²) in [6, 6.07) is 3.79. The van der Waals surface area contributed by atoms with Crippen LogP contribution in [0.4, 0.5) is 0 Å². The molecule has 0 unspecified atom stereocenters. The van der Waals surface area contributed by atoms with E-state index in [1.54, 1.807) is 0 Å². The van der Waals surface area contributed by atoms with Gasteiger partial charge in [0.2, 0.25) is 0 Å². The van der Waals surface area contributed by atoms with E-state index in [2.05, 4.69) is 0 Å². The molecule has 0 fully saturated rings. The topological polar surface area (TPSA) is 20.3 Å². The van der Waals surface area contributed by atoms with Crippen LogP contribution in [0.25, 0.3) is 0 Å². The third kappa shape index (κ3) is 5.14. The van der Waals surface area contributed by atoms with Gasteiger partial charge in [-0.05, 0) is 25.5 Å². The summed E-state index contributed by atoms with van der Waals surface area (Å²) in [5, 5.41) is 1.93. The van der Waals surface area contributed by atoms with Gasteiger partial charge in [0.25, 0.3) is 0 Å². The Hall–Kier alpha value is -0.670. The average Bonchev–Trinajstić information content (AvgIpc) is 2.70. The fourth-order valence-electron chi connectivity index (χ4n) is 0.886. The molecule has 0 saturated carbocycles. The Morgan fingerprint density at radius 2 is 2.07 bits per heavy atom. The molecular weight excluding hydrogens is 194 g/mol. The summed E-state index contributed by atoms with van der Waals surface area (Å²) in [5.74, 6) is 0.249. The highest BCUT2D eigenvalue weighted by atomic mass is 32.1. The zero-order valence-corrected chi connectivity index (χ0v) is 10.2.